The van der Waals surface area contributed by atoms with Gasteiger partial charge in [-0.15, -0.1) is 11.3 Å². The van der Waals surface area contributed by atoms with Gasteiger partial charge in [0.2, 0.25) is 0 Å². The van der Waals surface area contributed by atoms with Gasteiger partial charge in [-0.05, 0) is 32.9 Å². The first-order chi connectivity index (χ1) is 13.9. The van der Waals surface area contributed by atoms with Gasteiger partial charge in [0, 0.05) is 22.4 Å². The summed E-state index contributed by atoms with van der Waals surface area (Å²) in [5.41, 5.74) is 3.83. The van der Waals surface area contributed by atoms with Gasteiger partial charge in [0.05, 0.1) is 11.4 Å². The van der Waals surface area contributed by atoms with Crippen LogP contribution in [-0.2, 0) is 9.59 Å². The molecule has 1 aliphatic rings. The molecule has 7 heteroatoms. The molecule has 0 saturated heterocycles. The van der Waals surface area contributed by atoms with Crippen LogP contribution in [0.25, 0.3) is 11.3 Å². The van der Waals surface area contributed by atoms with E-state index in [1.807, 2.05) is 67.8 Å². The Balaban J connectivity index is 1.58. The Bertz CT molecular complexity index is 1080. The summed E-state index contributed by atoms with van der Waals surface area (Å²) in [6.45, 7) is 6.14. The minimum absolute atomic E-state index is 0.212. The molecule has 2 amide bonds. The second-order valence-corrected chi connectivity index (χ2v) is 9.33. The van der Waals surface area contributed by atoms with Gasteiger partial charge < -0.3 is 10.2 Å². The molecule has 148 valence electrons. The second kappa shape index (κ2) is 7.65. The van der Waals surface area contributed by atoms with Gasteiger partial charge in [0.25, 0.3) is 11.8 Å². The van der Waals surface area contributed by atoms with Crippen molar-refractivity contribution in [3.63, 3.8) is 0 Å². The quantitative estimate of drug-likeness (QED) is 0.602. The summed E-state index contributed by atoms with van der Waals surface area (Å²) in [6, 6.07) is 15.8. The van der Waals surface area contributed by atoms with Crippen LogP contribution in [0.15, 0.2) is 58.8 Å². The van der Waals surface area contributed by atoms with Gasteiger partial charge in [-0.1, -0.05) is 53.7 Å². The first kappa shape index (κ1) is 19.7. The number of anilines is 2. The van der Waals surface area contributed by atoms with E-state index in [0.717, 1.165) is 21.8 Å². The number of thioether (sulfide) groups is 1. The van der Waals surface area contributed by atoms with E-state index in [1.165, 1.54) is 28.7 Å². The number of thiazole rings is 1. The van der Waals surface area contributed by atoms with E-state index in [2.05, 4.69) is 10.3 Å². The molecule has 0 spiro atoms. The molecule has 29 heavy (non-hydrogen) atoms. The van der Waals surface area contributed by atoms with Crippen LogP contribution in [0, 0.1) is 6.92 Å². The molecular formula is C22H21N3O2S2. The molecule has 2 aromatic carbocycles. The van der Waals surface area contributed by atoms with Crippen LogP contribution in [-0.4, -0.2) is 28.1 Å². The summed E-state index contributed by atoms with van der Waals surface area (Å²) >= 11 is 2.65. The second-order valence-electron chi connectivity index (χ2n) is 7.01. The third-order valence-electron chi connectivity index (χ3n) is 4.94. The molecule has 1 aliphatic heterocycles. The average molecular weight is 424 g/mol. The highest BCUT2D eigenvalue weighted by atomic mass is 32.2. The number of fused-ring (bicyclic) bond motifs is 1. The Labute approximate surface area is 178 Å². The molecule has 1 N–H and O–H groups in total. The van der Waals surface area contributed by atoms with Crippen LogP contribution in [0.2, 0.25) is 0 Å². The van der Waals surface area contributed by atoms with Crippen LogP contribution in [0.3, 0.4) is 0 Å². The third kappa shape index (κ3) is 3.56. The number of para-hydroxylation sites is 1. The van der Waals surface area contributed by atoms with Crippen molar-refractivity contribution in [1.29, 1.82) is 0 Å². The van der Waals surface area contributed by atoms with Crippen LogP contribution in [0.4, 0.5) is 10.8 Å². The summed E-state index contributed by atoms with van der Waals surface area (Å²) in [5, 5.41) is 5.26. The minimum Gasteiger partial charge on any atom is -0.310 e. The van der Waals surface area contributed by atoms with Crippen LogP contribution < -0.4 is 10.2 Å². The first-order valence-electron chi connectivity index (χ1n) is 9.36. The van der Waals surface area contributed by atoms with Crippen molar-refractivity contribution in [3.8, 4) is 11.3 Å². The lowest BCUT2D eigenvalue weighted by Gasteiger charge is -2.38. The minimum atomic E-state index is -1.25. The standard InChI is InChI=1S/C22H21N3O2S2/c1-4-25-17-7-5-6-8-18(17)29-22(3,20(25)27)19(26)24-21-23-16(13-28-21)15-11-9-14(2)10-12-15/h5-13H,4H2,1-3H3,(H,23,24,26). The Hall–Kier alpha value is -2.64. The van der Waals surface area contributed by atoms with E-state index < -0.39 is 4.75 Å². The molecule has 3 aromatic rings. The number of carbonyl (C=O) groups is 2. The number of nitrogens with zero attached hydrogens (tertiary/aromatic N) is 2. The molecule has 5 nitrogen and oxygen atoms in total. The largest absolute Gasteiger partial charge is 0.310 e. The lowest BCUT2D eigenvalue weighted by Crippen LogP contribution is -2.54. The van der Waals surface area contributed by atoms with Crippen molar-refractivity contribution in [1.82, 2.24) is 4.98 Å². The van der Waals surface area contributed by atoms with Gasteiger partial charge in [-0.25, -0.2) is 4.98 Å². The number of amides is 2. The number of aryl methyl sites for hydroxylation is 1. The maximum absolute atomic E-state index is 13.2. The summed E-state index contributed by atoms with van der Waals surface area (Å²) in [4.78, 5) is 33.4. The van der Waals surface area contributed by atoms with E-state index in [1.54, 1.807) is 11.8 Å². The lowest BCUT2D eigenvalue weighted by molar-refractivity contribution is -0.128. The number of carbonyl (C=O) groups excluding carboxylic acids is 2. The fraction of sp³-hybridized carbons (Fsp3) is 0.227. The van der Waals surface area contributed by atoms with E-state index >= 15 is 0 Å². The van der Waals surface area contributed by atoms with Crippen molar-refractivity contribution >= 4 is 45.7 Å². The molecule has 4 rings (SSSR count). The Morgan fingerprint density at radius 1 is 1.17 bits per heavy atom. The Morgan fingerprint density at radius 2 is 1.90 bits per heavy atom. The van der Waals surface area contributed by atoms with Crippen LogP contribution >= 0.6 is 23.1 Å². The molecule has 0 saturated carbocycles. The number of benzene rings is 2. The van der Waals surface area contributed by atoms with Crippen molar-refractivity contribution in [2.75, 3.05) is 16.8 Å². The molecule has 0 aliphatic carbocycles. The fourth-order valence-electron chi connectivity index (χ4n) is 3.26. The average Bonchev–Trinajstić information content (AvgIpc) is 3.18. The smallest absolute Gasteiger partial charge is 0.252 e. The predicted octanol–water partition coefficient (Wildman–Crippen LogP) is 4.97. The maximum atomic E-state index is 13.2. The summed E-state index contributed by atoms with van der Waals surface area (Å²) in [7, 11) is 0. The molecule has 1 aromatic heterocycles. The monoisotopic (exact) mass is 423 g/mol. The molecule has 1 unspecified atom stereocenters. The lowest BCUT2D eigenvalue weighted by atomic mass is 10.1. The highest BCUT2D eigenvalue weighted by molar-refractivity contribution is 8.02. The van der Waals surface area contributed by atoms with Crippen LogP contribution in [0.5, 0.6) is 0 Å². The van der Waals surface area contributed by atoms with Gasteiger partial charge >= 0.3 is 0 Å². The fourth-order valence-corrected chi connectivity index (χ4v) is 5.18. The Morgan fingerprint density at radius 3 is 2.62 bits per heavy atom. The highest BCUT2D eigenvalue weighted by Gasteiger charge is 2.49. The molecular weight excluding hydrogens is 402 g/mol. The van der Waals surface area contributed by atoms with Gasteiger partial charge in [-0.3, -0.25) is 9.59 Å². The van der Waals surface area contributed by atoms with E-state index in [4.69, 9.17) is 0 Å². The van der Waals surface area contributed by atoms with E-state index in [-0.39, 0.29) is 11.8 Å². The maximum Gasteiger partial charge on any atom is 0.252 e. The number of rotatable bonds is 4. The number of nitrogens with one attached hydrogen (secondary N) is 1. The first-order valence-corrected chi connectivity index (χ1v) is 11.1. The zero-order chi connectivity index (χ0) is 20.6. The van der Waals surface area contributed by atoms with Gasteiger partial charge in [0.15, 0.2) is 9.88 Å². The third-order valence-corrected chi connectivity index (χ3v) is 7.04. The molecule has 0 fully saturated rings. The van der Waals surface area contributed by atoms with E-state index in [9.17, 15) is 9.59 Å². The normalized spacial score (nSPS) is 18.4. The summed E-state index contributed by atoms with van der Waals surface area (Å²) in [6.07, 6.45) is 0. The molecule has 0 radical (unpaired) electrons. The van der Waals surface area contributed by atoms with Crippen molar-refractivity contribution in [2.45, 2.75) is 30.4 Å². The zero-order valence-electron chi connectivity index (χ0n) is 16.4. The van der Waals surface area contributed by atoms with Gasteiger partial charge in [0.1, 0.15) is 0 Å². The topological polar surface area (TPSA) is 62.3 Å². The van der Waals surface area contributed by atoms with E-state index in [0.29, 0.717) is 11.7 Å². The number of aromatic nitrogens is 1. The van der Waals surface area contributed by atoms with Crippen molar-refractivity contribution in [2.24, 2.45) is 0 Å². The molecule has 0 bridgehead atoms. The molecule has 2 heterocycles. The summed E-state index contributed by atoms with van der Waals surface area (Å²) in [5.74, 6) is -0.568. The predicted molar refractivity (Wildman–Crippen MR) is 120 cm³/mol. The van der Waals surface area contributed by atoms with Crippen LogP contribution in [0.1, 0.15) is 19.4 Å². The molecule has 1 atom stereocenters. The summed E-state index contributed by atoms with van der Waals surface area (Å²) < 4.78 is -1.25. The SMILES string of the molecule is CCN1C(=O)C(C)(C(=O)Nc2nc(-c3ccc(C)cc3)cs2)Sc2ccccc21. The zero-order valence-corrected chi connectivity index (χ0v) is 18.1. The number of hydrogen-bond acceptors (Lipinski definition) is 5. The van der Waals surface area contributed by atoms with Gasteiger partial charge in [-0.2, -0.15) is 0 Å². The highest BCUT2D eigenvalue weighted by Crippen LogP contribution is 2.45. The number of hydrogen-bond donors (Lipinski definition) is 1. The van der Waals surface area contributed by atoms with Crippen molar-refractivity contribution < 1.29 is 9.59 Å². The van der Waals surface area contributed by atoms with Crippen molar-refractivity contribution in [3.05, 3.63) is 59.5 Å². The Kier molecular flexibility index (Phi) is 5.19.